The highest BCUT2D eigenvalue weighted by molar-refractivity contribution is 7.90. The van der Waals surface area contributed by atoms with Crippen LogP contribution in [0.1, 0.15) is 12.5 Å². The van der Waals surface area contributed by atoms with Crippen LogP contribution in [-0.4, -0.2) is 24.8 Å². The van der Waals surface area contributed by atoms with E-state index in [1.807, 2.05) is 49.4 Å². The fraction of sp³-hybridized carbons (Fsp3) is 0.0741. The fourth-order valence-corrected chi connectivity index (χ4v) is 4.50. The Bertz CT molecular complexity index is 1470. The van der Waals surface area contributed by atoms with E-state index in [0.29, 0.717) is 5.02 Å². The lowest BCUT2D eigenvalue weighted by Crippen LogP contribution is -2.04. The lowest BCUT2D eigenvalue weighted by atomic mass is 9.97. The molecule has 0 radical (unpaired) electrons. The number of phenolic OH excluding ortho intramolecular Hbond substituents is 1. The SMILES string of the molecule is C/C=C(/Nc1ccc(Cl)c(-c2ccccn2)c1)c1ccc(S(C)(=O)=O)cc1-c1ccc(O)cc1. The summed E-state index contributed by atoms with van der Waals surface area (Å²) in [5.74, 6) is 0.136. The molecular formula is C27H23ClN2O3S. The molecule has 4 rings (SSSR count). The van der Waals surface area contributed by atoms with Gasteiger partial charge in [0.2, 0.25) is 0 Å². The zero-order chi connectivity index (χ0) is 24.3. The molecule has 0 spiro atoms. The third-order valence-corrected chi connectivity index (χ3v) is 6.80. The van der Waals surface area contributed by atoms with Gasteiger partial charge in [0.15, 0.2) is 9.84 Å². The maximum absolute atomic E-state index is 12.2. The first-order valence-electron chi connectivity index (χ1n) is 10.5. The molecule has 2 N–H and O–H groups in total. The monoisotopic (exact) mass is 490 g/mol. The number of hydrogen-bond donors (Lipinski definition) is 2. The van der Waals surface area contributed by atoms with Gasteiger partial charge < -0.3 is 10.4 Å². The minimum absolute atomic E-state index is 0.136. The summed E-state index contributed by atoms with van der Waals surface area (Å²) in [4.78, 5) is 4.62. The van der Waals surface area contributed by atoms with Crippen LogP contribution < -0.4 is 5.32 Å². The largest absolute Gasteiger partial charge is 0.508 e. The van der Waals surface area contributed by atoms with E-state index < -0.39 is 9.84 Å². The van der Waals surface area contributed by atoms with Crippen molar-refractivity contribution in [1.82, 2.24) is 4.98 Å². The van der Waals surface area contributed by atoms with E-state index in [0.717, 1.165) is 39.3 Å². The van der Waals surface area contributed by atoms with Crippen molar-refractivity contribution in [2.75, 3.05) is 11.6 Å². The van der Waals surface area contributed by atoms with Crippen molar-refractivity contribution in [2.24, 2.45) is 0 Å². The average molecular weight is 491 g/mol. The van der Waals surface area contributed by atoms with Crippen LogP contribution in [0.15, 0.2) is 96.0 Å². The quantitative estimate of drug-likeness (QED) is 0.316. The highest BCUT2D eigenvalue weighted by Crippen LogP contribution is 2.35. The van der Waals surface area contributed by atoms with Gasteiger partial charge in [0, 0.05) is 35.0 Å². The molecule has 0 aliphatic carbocycles. The first-order valence-corrected chi connectivity index (χ1v) is 12.8. The summed E-state index contributed by atoms with van der Waals surface area (Å²) < 4.78 is 24.5. The molecule has 4 aromatic rings. The van der Waals surface area contributed by atoms with Crippen LogP contribution in [0, 0.1) is 0 Å². The molecule has 0 aliphatic rings. The van der Waals surface area contributed by atoms with Crippen molar-refractivity contribution in [3.63, 3.8) is 0 Å². The van der Waals surface area contributed by atoms with Gasteiger partial charge in [-0.05, 0) is 72.6 Å². The predicted octanol–water partition coefficient (Wildman–Crippen LogP) is 6.65. The second-order valence-electron chi connectivity index (χ2n) is 7.76. The van der Waals surface area contributed by atoms with Crippen LogP contribution in [0.4, 0.5) is 5.69 Å². The summed E-state index contributed by atoms with van der Waals surface area (Å²) in [5.41, 5.74) is 5.48. The molecule has 5 nitrogen and oxygen atoms in total. The summed E-state index contributed by atoms with van der Waals surface area (Å²) in [6.45, 7) is 1.91. The zero-order valence-corrected chi connectivity index (χ0v) is 20.2. The number of aromatic hydroxyl groups is 1. The van der Waals surface area contributed by atoms with E-state index in [-0.39, 0.29) is 10.6 Å². The van der Waals surface area contributed by atoms with Gasteiger partial charge in [0.1, 0.15) is 5.75 Å². The number of rotatable bonds is 6. The molecule has 0 amide bonds. The number of phenols is 1. The van der Waals surface area contributed by atoms with Crippen molar-refractivity contribution < 1.29 is 13.5 Å². The molecule has 0 fully saturated rings. The molecule has 0 bridgehead atoms. The van der Waals surface area contributed by atoms with Crippen molar-refractivity contribution in [2.45, 2.75) is 11.8 Å². The Hall–Kier alpha value is -3.61. The van der Waals surface area contributed by atoms with Gasteiger partial charge in [-0.15, -0.1) is 0 Å². The number of halogens is 1. The van der Waals surface area contributed by atoms with Gasteiger partial charge >= 0.3 is 0 Å². The van der Waals surface area contributed by atoms with Gasteiger partial charge in [-0.2, -0.15) is 0 Å². The highest BCUT2D eigenvalue weighted by Gasteiger charge is 2.16. The van der Waals surface area contributed by atoms with Crippen molar-refractivity contribution in [3.05, 3.63) is 102 Å². The van der Waals surface area contributed by atoms with Crippen molar-refractivity contribution in [1.29, 1.82) is 0 Å². The molecule has 0 aliphatic heterocycles. The number of aromatic nitrogens is 1. The summed E-state index contributed by atoms with van der Waals surface area (Å²) in [6.07, 6.45) is 4.83. The molecule has 0 unspecified atom stereocenters. The summed E-state index contributed by atoms with van der Waals surface area (Å²) in [6, 6.07) is 23.0. The van der Waals surface area contributed by atoms with Crippen LogP contribution in [0.3, 0.4) is 0 Å². The Morgan fingerprint density at radius 2 is 1.74 bits per heavy atom. The maximum Gasteiger partial charge on any atom is 0.175 e. The molecule has 172 valence electrons. The van der Waals surface area contributed by atoms with Crippen LogP contribution in [0.2, 0.25) is 5.02 Å². The molecule has 0 atom stereocenters. The van der Waals surface area contributed by atoms with Gasteiger partial charge in [0.05, 0.1) is 15.6 Å². The number of sulfone groups is 1. The Labute approximate surface area is 204 Å². The fourth-order valence-electron chi connectivity index (χ4n) is 3.64. The van der Waals surface area contributed by atoms with Gasteiger partial charge in [-0.3, -0.25) is 4.98 Å². The second kappa shape index (κ2) is 9.71. The van der Waals surface area contributed by atoms with Crippen LogP contribution in [0.5, 0.6) is 5.75 Å². The molecule has 7 heteroatoms. The number of nitrogens with zero attached hydrogens (tertiary/aromatic N) is 1. The molecule has 3 aromatic carbocycles. The molecular weight excluding hydrogens is 468 g/mol. The van der Waals surface area contributed by atoms with E-state index in [2.05, 4.69) is 10.3 Å². The topological polar surface area (TPSA) is 79.3 Å². The first-order chi connectivity index (χ1) is 16.3. The molecule has 1 aromatic heterocycles. The lowest BCUT2D eigenvalue weighted by molar-refractivity contribution is 0.475. The van der Waals surface area contributed by atoms with E-state index in [9.17, 15) is 13.5 Å². The predicted molar refractivity (Wildman–Crippen MR) is 139 cm³/mol. The molecule has 0 saturated carbocycles. The standard InChI is InChI=1S/C27H23ClN2O3S/c1-3-26(30-19-9-14-25(28)24(16-19)27-6-4-5-15-29-27)22-13-12-21(34(2,32)33)17-23(22)18-7-10-20(31)11-8-18/h3-17,30-31H,1-2H3/b26-3+. The normalized spacial score (nSPS) is 11.9. The van der Waals surface area contributed by atoms with Gasteiger partial charge in [-0.1, -0.05) is 41.9 Å². The average Bonchev–Trinajstić information content (AvgIpc) is 2.84. The molecule has 0 saturated heterocycles. The van der Waals surface area contributed by atoms with E-state index in [4.69, 9.17) is 11.6 Å². The van der Waals surface area contributed by atoms with Crippen molar-refractivity contribution >= 4 is 32.8 Å². The Balaban J connectivity index is 1.78. The third kappa shape index (κ3) is 5.14. The third-order valence-electron chi connectivity index (χ3n) is 5.36. The Morgan fingerprint density at radius 1 is 0.971 bits per heavy atom. The minimum Gasteiger partial charge on any atom is -0.508 e. The first kappa shape index (κ1) is 23.5. The van der Waals surface area contributed by atoms with E-state index in [1.54, 1.807) is 48.7 Å². The maximum atomic E-state index is 12.2. The molecule has 1 heterocycles. The van der Waals surface area contributed by atoms with Gasteiger partial charge in [0.25, 0.3) is 0 Å². The van der Waals surface area contributed by atoms with Gasteiger partial charge in [-0.25, -0.2) is 8.42 Å². The van der Waals surface area contributed by atoms with Crippen LogP contribution in [-0.2, 0) is 9.84 Å². The number of pyridine rings is 1. The number of hydrogen-bond acceptors (Lipinski definition) is 5. The highest BCUT2D eigenvalue weighted by atomic mass is 35.5. The number of nitrogens with one attached hydrogen (secondary N) is 1. The minimum atomic E-state index is -3.40. The van der Waals surface area contributed by atoms with Crippen LogP contribution in [0.25, 0.3) is 28.1 Å². The Kier molecular flexibility index (Phi) is 6.72. The number of allylic oxidation sites excluding steroid dienone is 1. The van der Waals surface area contributed by atoms with E-state index in [1.165, 1.54) is 6.26 Å². The lowest BCUT2D eigenvalue weighted by Gasteiger charge is -2.17. The smallest absolute Gasteiger partial charge is 0.175 e. The molecule has 34 heavy (non-hydrogen) atoms. The zero-order valence-electron chi connectivity index (χ0n) is 18.7. The summed E-state index contributed by atoms with van der Waals surface area (Å²) >= 11 is 6.44. The van der Waals surface area contributed by atoms with Crippen molar-refractivity contribution in [3.8, 4) is 28.1 Å². The Morgan fingerprint density at radius 3 is 2.38 bits per heavy atom. The number of anilines is 1. The number of benzene rings is 3. The van der Waals surface area contributed by atoms with Crippen LogP contribution >= 0.6 is 11.6 Å². The summed E-state index contributed by atoms with van der Waals surface area (Å²) in [5, 5.41) is 13.7. The second-order valence-corrected chi connectivity index (χ2v) is 10.2. The van der Waals surface area contributed by atoms with E-state index >= 15 is 0 Å². The summed E-state index contributed by atoms with van der Waals surface area (Å²) in [7, 11) is -3.40.